The molecule has 18 heavy (non-hydrogen) atoms. The van der Waals surface area contributed by atoms with Crippen molar-refractivity contribution in [2.45, 2.75) is 0 Å². The Morgan fingerprint density at radius 3 is 2.28 bits per heavy atom. The number of hydrogen-bond donors (Lipinski definition) is 1. The molecule has 0 fully saturated rings. The van der Waals surface area contributed by atoms with Crippen LogP contribution in [0.2, 0.25) is 0 Å². The Kier molecular flexibility index (Phi) is 2.98. The average Bonchev–Trinajstić information content (AvgIpc) is 2.40. The van der Waals surface area contributed by atoms with Gasteiger partial charge < -0.3 is 9.68 Å². The number of rotatable bonds is 2. The Balaban J connectivity index is 2.42. The highest BCUT2D eigenvalue weighted by atomic mass is 79.9. The summed E-state index contributed by atoms with van der Waals surface area (Å²) in [6.45, 7) is 0. The Hall–Kier alpha value is -1.52. The normalized spacial score (nSPS) is 10.8. The third-order valence-corrected chi connectivity index (χ3v) is 3.74. The zero-order chi connectivity index (χ0) is 12.5. The van der Waals surface area contributed by atoms with Crippen LogP contribution in [-0.2, 0) is 0 Å². The Morgan fingerprint density at radius 2 is 1.50 bits per heavy atom. The molecule has 0 saturated heterocycles. The molecule has 0 bridgehead atoms. The van der Waals surface area contributed by atoms with Crippen molar-refractivity contribution in [2.75, 3.05) is 0 Å². The molecule has 0 spiro atoms. The van der Waals surface area contributed by atoms with E-state index in [-0.39, 0.29) is 7.69 Å². The van der Waals surface area contributed by atoms with Gasteiger partial charge in [0.15, 0.2) is 0 Å². The topological polar surface area (TPSA) is 29.5 Å². The number of hydrogen-bond acceptors (Lipinski definition) is 2. The second kappa shape index (κ2) is 4.63. The van der Waals surface area contributed by atoms with Gasteiger partial charge >= 0.3 is 7.69 Å². The van der Waals surface area contributed by atoms with E-state index in [1.54, 1.807) is 0 Å². The lowest BCUT2D eigenvalue weighted by Gasteiger charge is -2.09. The standard InChI is InChI=1S/C14H10BBrO2/c16-13-5-1-3-9-10-4-2-6-14(18-15-17)12(10)8-7-11(9)13/h1-8,15,17H. The average molecular weight is 301 g/mol. The molecule has 0 heterocycles. The third kappa shape index (κ3) is 1.78. The molecule has 3 rings (SSSR count). The van der Waals surface area contributed by atoms with Crippen LogP contribution in [0, 0.1) is 0 Å². The molecule has 0 amide bonds. The molecule has 0 aliphatic carbocycles. The zero-order valence-corrected chi connectivity index (χ0v) is 11.1. The van der Waals surface area contributed by atoms with E-state index in [0.29, 0.717) is 5.75 Å². The summed E-state index contributed by atoms with van der Waals surface area (Å²) in [4.78, 5) is 0. The smallest absolute Gasteiger partial charge is 0.504 e. The van der Waals surface area contributed by atoms with Crippen molar-refractivity contribution >= 4 is 45.2 Å². The lowest BCUT2D eigenvalue weighted by atomic mass is 10.0. The number of fused-ring (bicyclic) bond motifs is 3. The maximum Gasteiger partial charge on any atom is 0.504 e. The largest absolute Gasteiger partial charge is 0.538 e. The van der Waals surface area contributed by atoms with Gasteiger partial charge in [-0.25, -0.2) is 0 Å². The van der Waals surface area contributed by atoms with Gasteiger partial charge in [-0.3, -0.25) is 0 Å². The van der Waals surface area contributed by atoms with Gasteiger partial charge in [0.2, 0.25) is 0 Å². The van der Waals surface area contributed by atoms with E-state index >= 15 is 0 Å². The molecule has 1 N–H and O–H groups in total. The van der Waals surface area contributed by atoms with Crippen molar-refractivity contribution in [3.8, 4) is 5.75 Å². The molecule has 0 unspecified atom stereocenters. The van der Waals surface area contributed by atoms with Crippen molar-refractivity contribution < 1.29 is 9.68 Å². The zero-order valence-electron chi connectivity index (χ0n) is 9.56. The van der Waals surface area contributed by atoms with Crippen molar-refractivity contribution in [1.82, 2.24) is 0 Å². The summed E-state index contributed by atoms with van der Waals surface area (Å²) < 4.78 is 6.32. The predicted molar refractivity (Wildman–Crippen MR) is 79.1 cm³/mol. The minimum atomic E-state index is -0.310. The van der Waals surface area contributed by atoms with Gasteiger partial charge in [0.05, 0.1) is 0 Å². The molecule has 4 heteroatoms. The van der Waals surface area contributed by atoms with Crippen LogP contribution < -0.4 is 4.65 Å². The van der Waals surface area contributed by atoms with E-state index in [4.69, 9.17) is 9.68 Å². The maximum absolute atomic E-state index is 8.91. The van der Waals surface area contributed by atoms with Gasteiger partial charge in [0, 0.05) is 9.86 Å². The molecule has 2 nitrogen and oxygen atoms in total. The van der Waals surface area contributed by atoms with Gasteiger partial charge in [-0.1, -0.05) is 52.3 Å². The summed E-state index contributed by atoms with van der Waals surface area (Å²) in [7, 11) is -0.310. The summed E-state index contributed by atoms with van der Waals surface area (Å²) in [5.74, 6) is 0.705. The van der Waals surface area contributed by atoms with Crippen LogP contribution in [0.4, 0.5) is 0 Å². The van der Waals surface area contributed by atoms with E-state index < -0.39 is 0 Å². The third-order valence-electron chi connectivity index (χ3n) is 3.05. The number of benzene rings is 3. The van der Waals surface area contributed by atoms with Crippen molar-refractivity contribution in [1.29, 1.82) is 0 Å². The molecule has 0 aromatic heterocycles. The van der Waals surface area contributed by atoms with Crippen molar-refractivity contribution in [3.63, 3.8) is 0 Å². The van der Waals surface area contributed by atoms with Gasteiger partial charge in [-0.05, 0) is 28.3 Å². The predicted octanol–water partition coefficient (Wildman–Crippen LogP) is 3.39. The Labute approximate surface area is 114 Å². The fraction of sp³-hybridized carbons (Fsp3) is 0. The number of halogens is 1. The van der Waals surface area contributed by atoms with Crippen LogP contribution in [0.25, 0.3) is 21.5 Å². The molecule has 3 aromatic carbocycles. The van der Waals surface area contributed by atoms with E-state index in [2.05, 4.69) is 34.1 Å². The fourth-order valence-corrected chi connectivity index (χ4v) is 2.75. The molecule has 0 aliphatic heterocycles. The van der Waals surface area contributed by atoms with Crippen LogP contribution in [0.15, 0.2) is 53.0 Å². The summed E-state index contributed by atoms with van der Waals surface area (Å²) in [5, 5.41) is 13.4. The molecular weight excluding hydrogens is 291 g/mol. The monoisotopic (exact) mass is 300 g/mol. The molecule has 0 radical (unpaired) electrons. The van der Waals surface area contributed by atoms with Gasteiger partial charge in [0.1, 0.15) is 5.75 Å². The van der Waals surface area contributed by atoms with Crippen molar-refractivity contribution in [3.05, 3.63) is 53.0 Å². The van der Waals surface area contributed by atoms with Crippen LogP contribution >= 0.6 is 15.9 Å². The molecule has 3 aromatic rings. The first-order chi connectivity index (χ1) is 8.81. The highest BCUT2D eigenvalue weighted by molar-refractivity contribution is 9.10. The molecule has 88 valence electrons. The van der Waals surface area contributed by atoms with E-state index in [9.17, 15) is 0 Å². The molecular formula is C14H10BBrO2. The van der Waals surface area contributed by atoms with Crippen LogP contribution in [0.1, 0.15) is 0 Å². The SMILES string of the molecule is OBOc1cccc2c1ccc1c(Br)cccc12. The van der Waals surface area contributed by atoms with E-state index in [1.807, 2.05) is 30.3 Å². The second-order valence-corrected chi connectivity index (χ2v) is 4.88. The van der Waals surface area contributed by atoms with Crippen LogP contribution in [0.5, 0.6) is 5.75 Å². The highest BCUT2D eigenvalue weighted by Gasteiger charge is 2.06. The molecule has 0 atom stereocenters. The van der Waals surface area contributed by atoms with Gasteiger partial charge in [-0.2, -0.15) is 0 Å². The fourth-order valence-electron chi connectivity index (χ4n) is 2.25. The van der Waals surface area contributed by atoms with E-state index in [1.165, 1.54) is 10.8 Å². The quantitative estimate of drug-likeness (QED) is 0.581. The lowest BCUT2D eigenvalue weighted by molar-refractivity contribution is 0.457. The molecule has 0 aliphatic rings. The lowest BCUT2D eigenvalue weighted by Crippen LogP contribution is -2.00. The highest BCUT2D eigenvalue weighted by Crippen LogP contribution is 2.34. The summed E-state index contributed by atoms with van der Waals surface area (Å²) >= 11 is 3.56. The Morgan fingerprint density at radius 1 is 0.833 bits per heavy atom. The van der Waals surface area contributed by atoms with Crippen LogP contribution in [0.3, 0.4) is 0 Å². The Bertz CT molecular complexity index is 727. The minimum Gasteiger partial charge on any atom is -0.538 e. The van der Waals surface area contributed by atoms with Crippen LogP contribution in [-0.4, -0.2) is 12.7 Å². The van der Waals surface area contributed by atoms with Crippen molar-refractivity contribution in [2.24, 2.45) is 0 Å². The summed E-state index contributed by atoms with van der Waals surface area (Å²) in [6, 6.07) is 16.1. The first kappa shape index (κ1) is 11.6. The molecule has 0 saturated carbocycles. The minimum absolute atomic E-state index is 0.310. The van der Waals surface area contributed by atoms with Gasteiger partial charge in [-0.15, -0.1) is 0 Å². The van der Waals surface area contributed by atoms with Gasteiger partial charge in [0.25, 0.3) is 0 Å². The van der Waals surface area contributed by atoms with E-state index in [0.717, 1.165) is 15.2 Å². The first-order valence-corrected chi connectivity index (χ1v) is 6.44. The first-order valence-electron chi connectivity index (χ1n) is 5.65. The summed E-state index contributed by atoms with van der Waals surface area (Å²) in [6.07, 6.45) is 0. The second-order valence-electron chi connectivity index (χ2n) is 4.03. The maximum atomic E-state index is 8.91. The summed E-state index contributed by atoms with van der Waals surface area (Å²) in [5.41, 5.74) is 0.